The molecule has 0 aliphatic rings. The molecular formula is C21H36. The summed E-state index contributed by atoms with van der Waals surface area (Å²) in [5, 5.41) is 0. The van der Waals surface area contributed by atoms with Crippen LogP contribution in [0.4, 0.5) is 0 Å². The van der Waals surface area contributed by atoms with Crippen LogP contribution in [0.1, 0.15) is 86.5 Å². The molecule has 0 radical (unpaired) electrons. The average Bonchev–Trinajstić information content (AvgIpc) is 2.42. The van der Waals surface area contributed by atoms with Crippen molar-refractivity contribution in [3.63, 3.8) is 0 Å². The summed E-state index contributed by atoms with van der Waals surface area (Å²) in [5.74, 6) is 0. The molecule has 0 saturated carbocycles. The molecule has 0 atom stereocenters. The molecule has 21 heavy (non-hydrogen) atoms. The Morgan fingerprint density at radius 1 is 0.571 bits per heavy atom. The molecule has 0 heteroatoms. The number of allylic oxidation sites excluding steroid dienone is 8. The molecule has 0 aromatic heterocycles. The Bertz CT molecular complexity index is 384. The maximum Gasteiger partial charge on any atom is -0.0288 e. The molecule has 0 aromatic carbocycles. The number of unbranched alkanes of at least 4 members (excludes halogenated alkanes) is 1. The number of hydrogen-bond acceptors (Lipinski definition) is 0. The summed E-state index contributed by atoms with van der Waals surface area (Å²) in [5.41, 5.74) is 6.00. The maximum atomic E-state index is 2.41. The van der Waals surface area contributed by atoms with Crippen molar-refractivity contribution in [1.82, 2.24) is 0 Å². The van der Waals surface area contributed by atoms with Gasteiger partial charge >= 0.3 is 0 Å². The summed E-state index contributed by atoms with van der Waals surface area (Å²) in [4.78, 5) is 0. The molecule has 0 saturated heterocycles. The third-order valence-corrected chi connectivity index (χ3v) is 3.83. The minimum atomic E-state index is 1.18. The zero-order chi connectivity index (χ0) is 16.1. The Hall–Kier alpha value is -1.04. The molecule has 0 unspecified atom stereocenters. The van der Waals surface area contributed by atoms with Gasteiger partial charge in [0.05, 0.1) is 0 Å². The first-order chi connectivity index (χ1) is 9.95. The van der Waals surface area contributed by atoms with E-state index in [1.807, 2.05) is 0 Å². The second-order valence-corrected chi connectivity index (χ2v) is 6.44. The lowest BCUT2D eigenvalue weighted by molar-refractivity contribution is 0.905. The van der Waals surface area contributed by atoms with Crippen molar-refractivity contribution in [2.45, 2.75) is 86.5 Å². The van der Waals surface area contributed by atoms with Crippen LogP contribution in [-0.2, 0) is 0 Å². The fourth-order valence-electron chi connectivity index (χ4n) is 2.14. The van der Waals surface area contributed by atoms with Crippen LogP contribution >= 0.6 is 0 Å². The van der Waals surface area contributed by atoms with Crippen LogP contribution in [0.5, 0.6) is 0 Å². The highest BCUT2D eigenvalue weighted by Gasteiger charge is 1.92. The van der Waals surface area contributed by atoms with E-state index >= 15 is 0 Å². The second kappa shape index (κ2) is 12.7. The summed E-state index contributed by atoms with van der Waals surface area (Å²) < 4.78 is 0. The van der Waals surface area contributed by atoms with Gasteiger partial charge in [0.25, 0.3) is 0 Å². The first kappa shape index (κ1) is 20.0. The van der Waals surface area contributed by atoms with Gasteiger partial charge in [0.1, 0.15) is 0 Å². The van der Waals surface area contributed by atoms with Crippen molar-refractivity contribution in [3.05, 3.63) is 46.6 Å². The Morgan fingerprint density at radius 2 is 1.00 bits per heavy atom. The van der Waals surface area contributed by atoms with E-state index in [4.69, 9.17) is 0 Å². The Kier molecular flexibility index (Phi) is 12.1. The van der Waals surface area contributed by atoms with E-state index in [0.717, 1.165) is 0 Å². The van der Waals surface area contributed by atoms with Gasteiger partial charge in [0, 0.05) is 0 Å². The van der Waals surface area contributed by atoms with E-state index in [0.29, 0.717) is 0 Å². The normalized spacial score (nSPS) is 13.5. The summed E-state index contributed by atoms with van der Waals surface area (Å²) in [6, 6.07) is 0. The Morgan fingerprint density at radius 3 is 1.48 bits per heavy atom. The summed E-state index contributed by atoms with van der Waals surface area (Å²) in [6.07, 6.45) is 17.9. The summed E-state index contributed by atoms with van der Waals surface area (Å²) in [7, 11) is 0. The highest BCUT2D eigenvalue weighted by atomic mass is 14.0. The molecule has 0 amide bonds. The molecule has 0 aromatic rings. The lowest BCUT2D eigenvalue weighted by Gasteiger charge is -2.01. The minimum absolute atomic E-state index is 1.18. The molecule has 0 nitrogen and oxygen atoms in total. The standard InChI is InChI=1S/C21H36/c1-7-19(4)13-8-9-14-20(5)16-11-17-21(6)15-10-12-18(2)3/h12-14,17H,7-11,15-16H2,1-6H3/b19-13-,20-14-,21-17+. The van der Waals surface area contributed by atoms with Crippen LogP contribution in [-0.4, -0.2) is 0 Å². The van der Waals surface area contributed by atoms with Gasteiger partial charge in [-0.05, 0) is 79.6 Å². The van der Waals surface area contributed by atoms with Gasteiger partial charge in [-0.2, -0.15) is 0 Å². The second-order valence-electron chi connectivity index (χ2n) is 6.44. The minimum Gasteiger partial charge on any atom is -0.0856 e. The highest BCUT2D eigenvalue weighted by Crippen LogP contribution is 2.12. The summed E-state index contributed by atoms with van der Waals surface area (Å²) in [6.45, 7) is 13.3. The zero-order valence-electron chi connectivity index (χ0n) is 15.3. The third-order valence-electron chi connectivity index (χ3n) is 3.83. The molecule has 0 rings (SSSR count). The predicted molar refractivity (Wildman–Crippen MR) is 98.7 cm³/mol. The smallest absolute Gasteiger partial charge is 0.0288 e. The molecule has 0 spiro atoms. The van der Waals surface area contributed by atoms with Crippen LogP contribution in [0.25, 0.3) is 0 Å². The first-order valence-electron chi connectivity index (χ1n) is 8.56. The van der Waals surface area contributed by atoms with E-state index in [1.165, 1.54) is 67.2 Å². The molecule has 0 fully saturated rings. The third kappa shape index (κ3) is 13.7. The van der Waals surface area contributed by atoms with E-state index in [-0.39, 0.29) is 0 Å². The van der Waals surface area contributed by atoms with E-state index in [1.54, 1.807) is 0 Å². The fraction of sp³-hybridized carbons (Fsp3) is 0.619. The van der Waals surface area contributed by atoms with Gasteiger partial charge in [0.15, 0.2) is 0 Å². The zero-order valence-corrected chi connectivity index (χ0v) is 15.3. The van der Waals surface area contributed by atoms with Gasteiger partial charge in [-0.3, -0.25) is 0 Å². The molecule has 0 heterocycles. The van der Waals surface area contributed by atoms with E-state index in [2.05, 4.69) is 65.8 Å². The van der Waals surface area contributed by atoms with Crippen LogP contribution in [0.15, 0.2) is 46.6 Å². The van der Waals surface area contributed by atoms with Crippen molar-refractivity contribution < 1.29 is 0 Å². The SMILES string of the molecule is CC/C(C)=C\CC/C=C(/C)CC/C=C(\C)CCC=C(C)C. The van der Waals surface area contributed by atoms with Crippen LogP contribution < -0.4 is 0 Å². The molecular weight excluding hydrogens is 252 g/mol. The topological polar surface area (TPSA) is 0 Å². The predicted octanol–water partition coefficient (Wildman–Crippen LogP) is 7.54. The van der Waals surface area contributed by atoms with Crippen LogP contribution in [0.2, 0.25) is 0 Å². The average molecular weight is 289 g/mol. The Labute approximate surface area is 133 Å². The van der Waals surface area contributed by atoms with Crippen molar-refractivity contribution >= 4 is 0 Å². The van der Waals surface area contributed by atoms with Gasteiger partial charge in [-0.15, -0.1) is 0 Å². The van der Waals surface area contributed by atoms with Crippen molar-refractivity contribution in [3.8, 4) is 0 Å². The van der Waals surface area contributed by atoms with Crippen molar-refractivity contribution in [1.29, 1.82) is 0 Å². The lowest BCUT2D eigenvalue weighted by atomic mass is 10.1. The molecule has 0 bridgehead atoms. The fourth-order valence-corrected chi connectivity index (χ4v) is 2.14. The first-order valence-corrected chi connectivity index (χ1v) is 8.56. The number of rotatable bonds is 10. The van der Waals surface area contributed by atoms with E-state index in [9.17, 15) is 0 Å². The molecule has 120 valence electrons. The highest BCUT2D eigenvalue weighted by molar-refractivity contribution is 5.06. The largest absolute Gasteiger partial charge is 0.0856 e. The molecule has 0 aliphatic carbocycles. The number of hydrogen-bond donors (Lipinski definition) is 0. The lowest BCUT2D eigenvalue weighted by Crippen LogP contribution is -1.81. The van der Waals surface area contributed by atoms with Crippen molar-refractivity contribution in [2.24, 2.45) is 0 Å². The maximum absolute atomic E-state index is 2.41. The van der Waals surface area contributed by atoms with Crippen LogP contribution in [0, 0.1) is 0 Å². The molecule has 0 N–H and O–H groups in total. The van der Waals surface area contributed by atoms with Gasteiger partial charge in [0.2, 0.25) is 0 Å². The van der Waals surface area contributed by atoms with E-state index < -0.39 is 0 Å². The summed E-state index contributed by atoms with van der Waals surface area (Å²) >= 11 is 0. The molecule has 0 aliphatic heterocycles. The van der Waals surface area contributed by atoms with Gasteiger partial charge in [-0.25, -0.2) is 0 Å². The van der Waals surface area contributed by atoms with Gasteiger partial charge in [-0.1, -0.05) is 53.5 Å². The quantitative estimate of drug-likeness (QED) is 0.287. The van der Waals surface area contributed by atoms with Crippen molar-refractivity contribution in [2.75, 3.05) is 0 Å². The Balaban J connectivity index is 3.91. The van der Waals surface area contributed by atoms with Crippen LogP contribution in [0.3, 0.4) is 0 Å². The van der Waals surface area contributed by atoms with Gasteiger partial charge < -0.3 is 0 Å². The monoisotopic (exact) mass is 288 g/mol.